The van der Waals surface area contributed by atoms with Crippen LogP contribution in [-0.4, -0.2) is 75.6 Å². The lowest BCUT2D eigenvalue weighted by Crippen LogP contribution is -2.37. The molecule has 0 radical (unpaired) electrons. The number of phosphoric ester groups is 1. The second-order valence-electron chi connectivity index (χ2n) is 18.2. The molecule has 1 N–H and O–H groups in total. The average Bonchev–Trinajstić information content (AvgIpc) is 3.22. The van der Waals surface area contributed by atoms with Crippen LogP contribution >= 0.6 is 7.82 Å². The Labute approximate surface area is 378 Å². The molecule has 358 valence electrons. The van der Waals surface area contributed by atoms with Crippen LogP contribution in [0.1, 0.15) is 219 Å². The first-order chi connectivity index (χ1) is 29.6. The van der Waals surface area contributed by atoms with Gasteiger partial charge in [-0.05, 0) is 51.4 Å². The van der Waals surface area contributed by atoms with E-state index in [0.29, 0.717) is 24.1 Å². The highest BCUT2D eigenvalue weighted by Crippen LogP contribution is 2.43. The number of unbranched alkanes of at least 4 members (excludes halogenated alkanes) is 25. The van der Waals surface area contributed by atoms with Crippen LogP contribution in [0.5, 0.6) is 0 Å². The van der Waals surface area contributed by atoms with Crippen LogP contribution in [0.15, 0.2) is 48.6 Å². The molecule has 0 aliphatic carbocycles. The number of hydrogen-bond donors (Lipinski definition) is 1. The molecule has 0 saturated heterocycles. The van der Waals surface area contributed by atoms with E-state index in [0.717, 1.165) is 57.8 Å². The van der Waals surface area contributed by atoms with E-state index in [9.17, 15) is 14.3 Å². The fourth-order valence-electron chi connectivity index (χ4n) is 7.02. The van der Waals surface area contributed by atoms with E-state index < -0.39 is 13.9 Å². The van der Waals surface area contributed by atoms with Gasteiger partial charge in [0.2, 0.25) is 0 Å². The van der Waals surface area contributed by atoms with Gasteiger partial charge in [-0.3, -0.25) is 13.8 Å². The van der Waals surface area contributed by atoms with E-state index in [1.54, 1.807) is 0 Å². The molecule has 0 amide bonds. The molecule has 0 rings (SSSR count). The molecule has 61 heavy (non-hydrogen) atoms. The van der Waals surface area contributed by atoms with Crippen molar-refractivity contribution in [1.29, 1.82) is 0 Å². The van der Waals surface area contributed by atoms with Gasteiger partial charge < -0.3 is 18.9 Å². The number of esters is 1. The lowest BCUT2D eigenvalue weighted by atomic mass is 10.0. The highest BCUT2D eigenvalue weighted by Gasteiger charge is 2.26. The molecule has 0 heterocycles. The highest BCUT2D eigenvalue weighted by molar-refractivity contribution is 7.47. The summed E-state index contributed by atoms with van der Waals surface area (Å²) in [5.41, 5.74) is 0. The van der Waals surface area contributed by atoms with Crippen molar-refractivity contribution in [3.8, 4) is 0 Å². The molecular weight excluding hydrogens is 782 g/mol. The van der Waals surface area contributed by atoms with Gasteiger partial charge >= 0.3 is 13.8 Å². The van der Waals surface area contributed by atoms with Gasteiger partial charge in [0, 0.05) is 13.0 Å². The number of quaternary nitrogens is 1. The Balaban J connectivity index is 4.09. The number of hydrogen-bond acceptors (Lipinski definition) is 6. The SMILES string of the molecule is CC/C=C\C/C=C\C/C=C\C/C=C\CCCCCCCCCCCCCCC(=O)OC(COCCCCCCCCCCCCCCCC)COP(=O)(O)OCC[N+](C)(C)C. The number of likely N-dealkylation sites (N-methyl/N-ethyl adjacent to an activating group) is 1. The number of phosphoric acid groups is 1. The summed E-state index contributed by atoms with van der Waals surface area (Å²) in [6.45, 7) is 5.54. The first kappa shape index (κ1) is 59.5. The monoisotopic (exact) mass is 881 g/mol. The predicted octanol–water partition coefficient (Wildman–Crippen LogP) is 15.5. The summed E-state index contributed by atoms with van der Waals surface area (Å²) in [5, 5.41) is 0. The molecule has 2 atom stereocenters. The molecule has 0 saturated carbocycles. The summed E-state index contributed by atoms with van der Waals surface area (Å²) in [5.74, 6) is -0.314. The Bertz CT molecular complexity index is 1120. The van der Waals surface area contributed by atoms with Crippen LogP contribution in [0.25, 0.3) is 0 Å². The van der Waals surface area contributed by atoms with E-state index in [2.05, 4.69) is 62.5 Å². The minimum atomic E-state index is -4.28. The van der Waals surface area contributed by atoms with Gasteiger partial charge in [0.05, 0.1) is 34.4 Å². The third kappa shape index (κ3) is 49.3. The zero-order valence-corrected chi connectivity index (χ0v) is 41.5. The Morgan fingerprint density at radius 3 is 1.43 bits per heavy atom. The van der Waals surface area contributed by atoms with Gasteiger partial charge in [-0.25, -0.2) is 4.57 Å². The van der Waals surface area contributed by atoms with Crippen LogP contribution in [0, 0.1) is 0 Å². The van der Waals surface area contributed by atoms with Crippen molar-refractivity contribution >= 4 is 13.8 Å². The Kier molecular flexibility index (Phi) is 43.9. The van der Waals surface area contributed by atoms with Crippen molar-refractivity contribution in [2.24, 2.45) is 0 Å². The highest BCUT2D eigenvalue weighted by atomic mass is 31.2. The molecular formula is C52H99NO7P+. The van der Waals surface area contributed by atoms with E-state index in [4.69, 9.17) is 18.5 Å². The van der Waals surface area contributed by atoms with Crippen molar-refractivity contribution in [1.82, 2.24) is 0 Å². The Morgan fingerprint density at radius 2 is 0.951 bits per heavy atom. The topological polar surface area (TPSA) is 91.3 Å². The molecule has 0 fully saturated rings. The summed E-state index contributed by atoms with van der Waals surface area (Å²) >= 11 is 0. The summed E-state index contributed by atoms with van der Waals surface area (Å²) < 4.78 is 35.1. The summed E-state index contributed by atoms with van der Waals surface area (Å²) in [4.78, 5) is 23.0. The first-order valence-corrected chi connectivity index (χ1v) is 26.9. The normalized spacial score (nSPS) is 14.0. The molecule has 0 aromatic heterocycles. The zero-order chi connectivity index (χ0) is 44.8. The maximum atomic E-state index is 12.8. The van der Waals surface area contributed by atoms with Crippen LogP contribution in [0.3, 0.4) is 0 Å². The Morgan fingerprint density at radius 1 is 0.525 bits per heavy atom. The van der Waals surface area contributed by atoms with Crippen molar-refractivity contribution < 1.29 is 37.3 Å². The number of carbonyl (C=O) groups is 1. The van der Waals surface area contributed by atoms with Crippen molar-refractivity contribution in [3.63, 3.8) is 0 Å². The predicted molar refractivity (Wildman–Crippen MR) is 261 cm³/mol. The van der Waals surface area contributed by atoms with Gasteiger partial charge in [-0.15, -0.1) is 0 Å². The molecule has 0 aromatic carbocycles. The third-order valence-corrected chi connectivity index (χ3v) is 11.9. The Hall–Kier alpha value is -1.54. The van der Waals surface area contributed by atoms with Gasteiger partial charge in [0.25, 0.3) is 0 Å². The smallest absolute Gasteiger partial charge is 0.457 e. The summed E-state index contributed by atoms with van der Waals surface area (Å²) in [7, 11) is 1.67. The fourth-order valence-corrected chi connectivity index (χ4v) is 7.76. The van der Waals surface area contributed by atoms with Gasteiger partial charge in [0.1, 0.15) is 19.3 Å². The molecule has 8 nitrogen and oxygen atoms in total. The van der Waals surface area contributed by atoms with Crippen LogP contribution < -0.4 is 0 Å². The maximum Gasteiger partial charge on any atom is 0.472 e. The lowest BCUT2D eigenvalue weighted by molar-refractivity contribution is -0.870. The van der Waals surface area contributed by atoms with Gasteiger partial charge in [-0.1, -0.05) is 210 Å². The number of carbonyl (C=O) groups excluding carboxylic acids is 1. The van der Waals surface area contributed by atoms with Crippen LogP contribution in [0.2, 0.25) is 0 Å². The molecule has 9 heteroatoms. The van der Waals surface area contributed by atoms with Crippen molar-refractivity contribution in [2.75, 3.05) is 54.1 Å². The van der Waals surface area contributed by atoms with E-state index in [1.165, 1.54) is 141 Å². The number of nitrogens with zero attached hydrogens (tertiary/aromatic N) is 1. The van der Waals surface area contributed by atoms with E-state index >= 15 is 0 Å². The molecule has 0 bridgehead atoms. The zero-order valence-electron chi connectivity index (χ0n) is 40.7. The second kappa shape index (κ2) is 45.0. The third-order valence-electron chi connectivity index (χ3n) is 10.9. The minimum absolute atomic E-state index is 0.0889. The summed E-state index contributed by atoms with van der Waals surface area (Å²) in [6.07, 6.45) is 55.8. The van der Waals surface area contributed by atoms with E-state index in [1.807, 2.05) is 21.1 Å². The number of rotatable bonds is 47. The van der Waals surface area contributed by atoms with Crippen molar-refractivity contribution in [3.05, 3.63) is 48.6 Å². The van der Waals surface area contributed by atoms with Crippen molar-refractivity contribution in [2.45, 2.75) is 225 Å². The molecule has 0 aliphatic rings. The summed E-state index contributed by atoms with van der Waals surface area (Å²) in [6, 6.07) is 0. The molecule has 0 aliphatic heterocycles. The standard InChI is InChI=1S/C52H98NO7P/c1-6-8-10-12-14-16-18-20-22-23-24-25-26-27-28-29-30-31-32-33-35-37-39-41-43-45-52(54)60-51(50-59-61(55,56)58-48-46-53(3,4)5)49-57-47-44-42-40-38-36-34-21-19-17-15-13-11-9-7-2/h8,10,14,16,20,22,24-25,51H,6-7,9,11-13,15,17-19,21,23,26-50H2,1-5H3/p+1/b10-8-,16-14-,22-20-,25-24-. The lowest BCUT2D eigenvalue weighted by Gasteiger charge is -2.24. The minimum Gasteiger partial charge on any atom is -0.457 e. The van der Waals surface area contributed by atoms with Gasteiger partial charge in [0.15, 0.2) is 0 Å². The quantitative estimate of drug-likeness (QED) is 0.0214. The second-order valence-corrected chi connectivity index (χ2v) is 19.6. The number of allylic oxidation sites excluding steroid dienone is 8. The molecule has 2 unspecified atom stereocenters. The first-order valence-electron chi connectivity index (χ1n) is 25.4. The van der Waals surface area contributed by atoms with Crippen LogP contribution in [0.4, 0.5) is 0 Å². The number of ether oxygens (including phenoxy) is 2. The fraction of sp³-hybridized carbons (Fsp3) is 0.827. The molecule has 0 spiro atoms. The molecule has 0 aromatic rings. The maximum absolute atomic E-state index is 12.8. The average molecular weight is 881 g/mol. The van der Waals surface area contributed by atoms with Gasteiger partial charge in [-0.2, -0.15) is 0 Å². The van der Waals surface area contributed by atoms with E-state index in [-0.39, 0.29) is 25.8 Å². The largest absolute Gasteiger partial charge is 0.472 e. The van der Waals surface area contributed by atoms with Crippen LogP contribution in [-0.2, 0) is 27.9 Å².